The van der Waals surface area contributed by atoms with Gasteiger partial charge in [0.25, 0.3) is 0 Å². The van der Waals surface area contributed by atoms with Gasteiger partial charge in [0.15, 0.2) is 5.75 Å². The van der Waals surface area contributed by atoms with Crippen LogP contribution in [0, 0.1) is 0 Å². The van der Waals surface area contributed by atoms with Crippen molar-refractivity contribution in [2.75, 3.05) is 0 Å². The minimum absolute atomic E-state index is 0.0339. The number of phenols is 2. The normalized spacial score (nSPS) is 13.2. The number of benzene rings is 2. The Balaban J connectivity index is 2.64. The molecule has 2 nitrogen and oxygen atoms in total. The fourth-order valence-corrected chi connectivity index (χ4v) is 3.47. The lowest BCUT2D eigenvalue weighted by atomic mass is 9.92. The van der Waals surface area contributed by atoms with Gasteiger partial charge in [0, 0.05) is 0 Å². The summed E-state index contributed by atoms with van der Waals surface area (Å²) in [5.41, 5.74) is 1.02. The zero-order chi connectivity index (χ0) is 16.7. The third-order valence-corrected chi connectivity index (χ3v) is 4.54. The Morgan fingerprint density at radius 2 is 1.27 bits per heavy atom. The van der Waals surface area contributed by atoms with Crippen LogP contribution < -0.4 is 0 Å². The Hall–Kier alpha value is -0.220. The Labute approximate surface area is 157 Å². The first kappa shape index (κ1) is 18.1. The number of rotatable bonds is 2. The van der Waals surface area contributed by atoms with Crippen LogP contribution in [-0.2, 0) is 0 Å². The summed E-state index contributed by atoms with van der Waals surface area (Å²) in [6.45, 7) is 0. The molecule has 0 aliphatic heterocycles. The van der Waals surface area contributed by atoms with Crippen molar-refractivity contribution in [3.05, 3.63) is 56.5 Å². The molecule has 2 aromatic rings. The average molecular weight is 421 g/mol. The van der Waals surface area contributed by atoms with Crippen LogP contribution in [0.4, 0.5) is 0 Å². The maximum atomic E-state index is 9.65. The van der Waals surface area contributed by atoms with Gasteiger partial charge in [-0.2, -0.15) is 0 Å². The van der Waals surface area contributed by atoms with Gasteiger partial charge in [-0.25, -0.2) is 0 Å². The van der Waals surface area contributed by atoms with Gasteiger partial charge >= 0.3 is 0 Å². The van der Waals surface area contributed by atoms with Gasteiger partial charge in [0.05, 0.1) is 21.0 Å². The van der Waals surface area contributed by atoms with Gasteiger partial charge < -0.3 is 10.2 Å². The zero-order valence-corrected chi connectivity index (χ0v) is 15.2. The summed E-state index contributed by atoms with van der Waals surface area (Å²) in [4.78, 5) is 0. The molecule has 2 aromatic carbocycles. The molecular weight excluding hydrogens is 413 g/mol. The van der Waals surface area contributed by atoms with E-state index >= 15 is 0 Å². The van der Waals surface area contributed by atoms with Crippen molar-refractivity contribution < 1.29 is 10.2 Å². The van der Waals surface area contributed by atoms with E-state index in [-0.39, 0.29) is 26.6 Å². The van der Waals surface area contributed by atoms with Crippen molar-refractivity contribution in [1.82, 2.24) is 0 Å². The third kappa shape index (κ3) is 3.81. The minimum atomic E-state index is -1.73. The van der Waals surface area contributed by atoms with Crippen molar-refractivity contribution in [3.8, 4) is 11.5 Å². The van der Waals surface area contributed by atoms with E-state index in [2.05, 4.69) is 0 Å². The van der Waals surface area contributed by atoms with Crippen LogP contribution in [0.15, 0.2) is 30.3 Å². The lowest BCUT2D eigenvalue weighted by Gasteiger charge is -2.26. The Morgan fingerprint density at radius 3 is 1.73 bits per heavy atom. The van der Waals surface area contributed by atoms with Crippen molar-refractivity contribution in [2.45, 2.75) is 9.71 Å². The maximum absolute atomic E-state index is 9.65. The maximum Gasteiger partial charge on any atom is 0.201 e. The lowest BCUT2D eigenvalue weighted by Crippen LogP contribution is -2.18. The van der Waals surface area contributed by atoms with Crippen molar-refractivity contribution in [2.24, 2.45) is 0 Å². The molecule has 1 unspecified atom stereocenters. The number of alkyl halides is 3. The van der Waals surface area contributed by atoms with E-state index in [9.17, 15) is 10.2 Å². The van der Waals surface area contributed by atoms with Gasteiger partial charge in [-0.15, -0.1) is 0 Å². The van der Waals surface area contributed by atoms with Crippen molar-refractivity contribution in [3.63, 3.8) is 0 Å². The van der Waals surface area contributed by atoms with Crippen molar-refractivity contribution in [1.29, 1.82) is 0 Å². The second kappa shape index (κ2) is 6.72. The Kier molecular flexibility index (Phi) is 5.54. The molecular formula is C14H8Cl6O2. The fraction of sp³-hybridized carbons (Fsp3) is 0.143. The SMILES string of the molecule is Oc1ccc(C(c2cc(Cl)c(O)c(Cl)c2)C(Cl)(Cl)Cl)cc1Cl. The van der Waals surface area contributed by atoms with E-state index < -0.39 is 9.71 Å². The van der Waals surface area contributed by atoms with Crippen LogP contribution in [0.5, 0.6) is 11.5 Å². The number of halogens is 6. The Bertz CT molecular complexity index is 688. The molecule has 0 aromatic heterocycles. The highest BCUT2D eigenvalue weighted by molar-refractivity contribution is 6.68. The molecule has 0 heterocycles. The summed E-state index contributed by atoms with van der Waals surface area (Å²) >= 11 is 36.0. The molecule has 1 atom stereocenters. The molecule has 22 heavy (non-hydrogen) atoms. The highest BCUT2D eigenvalue weighted by atomic mass is 35.6. The van der Waals surface area contributed by atoms with E-state index in [0.717, 1.165) is 0 Å². The van der Waals surface area contributed by atoms with Crippen molar-refractivity contribution >= 4 is 69.6 Å². The van der Waals surface area contributed by atoms with Crippen LogP contribution in [-0.4, -0.2) is 14.0 Å². The number of hydrogen-bond acceptors (Lipinski definition) is 2. The second-order valence-corrected chi connectivity index (χ2v) is 8.11. The van der Waals surface area contributed by atoms with Gasteiger partial charge in [-0.1, -0.05) is 75.7 Å². The predicted octanol–water partition coefficient (Wildman–Crippen LogP) is 6.56. The summed E-state index contributed by atoms with van der Waals surface area (Å²) in [6.07, 6.45) is 0. The molecule has 0 saturated heterocycles. The van der Waals surface area contributed by atoms with Crippen LogP contribution in [0.25, 0.3) is 0 Å². The standard InChI is InChI=1S/C14H8Cl6O2/c15-8-3-6(1-2-11(8)21)12(14(18,19)20)7-4-9(16)13(22)10(17)5-7/h1-5,12,21-22H. The van der Waals surface area contributed by atoms with E-state index in [1.54, 1.807) is 6.07 Å². The molecule has 0 aliphatic rings. The molecule has 0 fully saturated rings. The highest BCUT2D eigenvalue weighted by Gasteiger charge is 2.36. The lowest BCUT2D eigenvalue weighted by molar-refractivity contribution is 0.475. The summed E-state index contributed by atoms with van der Waals surface area (Å²) < 4.78 is -1.73. The first-order valence-electron chi connectivity index (χ1n) is 5.84. The first-order chi connectivity index (χ1) is 10.1. The smallest absolute Gasteiger partial charge is 0.201 e. The summed E-state index contributed by atoms with van der Waals surface area (Å²) in [5.74, 6) is -1.10. The number of hydrogen-bond donors (Lipinski definition) is 2. The number of phenolic OH excluding ortho intramolecular Hbond substituents is 2. The first-order valence-corrected chi connectivity index (χ1v) is 8.11. The van der Waals surface area contributed by atoms with Crippen LogP contribution >= 0.6 is 69.6 Å². The van der Waals surface area contributed by atoms with Gasteiger partial charge in [-0.3, -0.25) is 0 Å². The topological polar surface area (TPSA) is 40.5 Å². The second-order valence-electron chi connectivity index (χ2n) is 4.52. The number of aromatic hydroxyl groups is 2. The van der Waals surface area contributed by atoms with E-state index in [4.69, 9.17) is 69.6 Å². The molecule has 0 radical (unpaired) electrons. The largest absolute Gasteiger partial charge is 0.506 e. The summed E-state index contributed by atoms with van der Waals surface area (Å²) in [6, 6.07) is 7.36. The predicted molar refractivity (Wildman–Crippen MR) is 93.4 cm³/mol. The molecule has 2 rings (SSSR count). The fourth-order valence-electron chi connectivity index (χ4n) is 2.02. The quantitative estimate of drug-likeness (QED) is 0.540. The van der Waals surface area contributed by atoms with E-state index in [1.165, 1.54) is 24.3 Å². The van der Waals surface area contributed by atoms with Gasteiger partial charge in [0.1, 0.15) is 5.75 Å². The summed E-state index contributed by atoms with van der Waals surface area (Å²) in [7, 11) is 0. The molecule has 0 amide bonds. The van der Waals surface area contributed by atoms with Crippen LogP contribution in [0.2, 0.25) is 15.1 Å². The van der Waals surface area contributed by atoms with E-state index in [0.29, 0.717) is 11.1 Å². The summed E-state index contributed by atoms with van der Waals surface area (Å²) in [5, 5.41) is 19.4. The van der Waals surface area contributed by atoms with Gasteiger partial charge in [-0.05, 0) is 35.4 Å². The van der Waals surface area contributed by atoms with Gasteiger partial charge in [0.2, 0.25) is 3.79 Å². The molecule has 118 valence electrons. The highest BCUT2D eigenvalue weighted by Crippen LogP contribution is 2.48. The molecule has 0 bridgehead atoms. The Morgan fingerprint density at radius 1 is 0.773 bits per heavy atom. The molecule has 0 saturated carbocycles. The molecule has 2 N–H and O–H groups in total. The van der Waals surface area contributed by atoms with E-state index in [1.807, 2.05) is 0 Å². The third-order valence-electron chi connectivity index (χ3n) is 3.00. The van der Waals surface area contributed by atoms with Crippen LogP contribution in [0.3, 0.4) is 0 Å². The zero-order valence-electron chi connectivity index (χ0n) is 10.6. The average Bonchev–Trinajstić information content (AvgIpc) is 2.38. The monoisotopic (exact) mass is 418 g/mol. The minimum Gasteiger partial charge on any atom is -0.506 e. The molecule has 0 spiro atoms. The molecule has 0 aliphatic carbocycles. The van der Waals surface area contributed by atoms with Crippen LogP contribution in [0.1, 0.15) is 17.0 Å². The molecule has 8 heteroatoms.